The number of amides is 1. The van der Waals surface area contributed by atoms with E-state index < -0.39 is 4.92 Å². The Morgan fingerprint density at radius 1 is 1.30 bits per heavy atom. The molecule has 1 heterocycles. The Balaban J connectivity index is 2.02. The van der Waals surface area contributed by atoms with Crippen molar-refractivity contribution in [1.29, 1.82) is 0 Å². The molecule has 0 saturated heterocycles. The number of aromatic nitrogens is 1. The third kappa shape index (κ3) is 3.61. The van der Waals surface area contributed by atoms with Gasteiger partial charge in [0.25, 0.3) is 11.6 Å². The molecular formula is C14H14N3O3+. The Kier molecular flexibility index (Phi) is 4.05. The highest BCUT2D eigenvalue weighted by atomic mass is 16.6. The Morgan fingerprint density at radius 2 is 2.00 bits per heavy atom. The maximum Gasteiger partial charge on any atom is 0.290 e. The predicted octanol–water partition coefficient (Wildman–Crippen LogP) is 1.83. The molecule has 6 nitrogen and oxygen atoms in total. The molecule has 0 bridgehead atoms. The first-order valence-electron chi connectivity index (χ1n) is 6.04. The van der Waals surface area contributed by atoms with Gasteiger partial charge in [0.1, 0.15) is 0 Å². The first-order valence-corrected chi connectivity index (χ1v) is 6.04. The number of nitro benzene ring substituents is 1. The van der Waals surface area contributed by atoms with E-state index in [1.807, 2.05) is 31.5 Å². The number of carbonyl (C=O) groups excluding carboxylic acids is 1. The summed E-state index contributed by atoms with van der Waals surface area (Å²) in [5.41, 5.74) is 1.48. The summed E-state index contributed by atoms with van der Waals surface area (Å²) in [6.45, 7) is 2.12. The van der Waals surface area contributed by atoms with Crippen LogP contribution in [0.4, 0.5) is 11.4 Å². The van der Waals surface area contributed by atoms with Crippen molar-refractivity contribution in [3.63, 3.8) is 0 Å². The number of nitrogens with one attached hydrogen (secondary N) is 1. The fourth-order valence-electron chi connectivity index (χ4n) is 1.70. The van der Waals surface area contributed by atoms with Crippen LogP contribution >= 0.6 is 0 Å². The van der Waals surface area contributed by atoms with Crippen molar-refractivity contribution in [2.45, 2.75) is 13.5 Å². The third-order valence-corrected chi connectivity index (χ3v) is 2.72. The van der Waals surface area contributed by atoms with Crippen molar-refractivity contribution in [1.82, 2.24) is 0 Å². The molecule has 20 heavy (non-hydrogen) atoms. The van der Waals surface area contributed by atoms with Crippen molar-refractivity contribution >= 4 is 17.3 Å². The second-order valence-electron chi connectivity index (χ2n) is 4.40. The number of hydrogen-bond donors (Lipinski definition) is 1. The average Bonchev–Trinajstić information content (AvgIpc) is 2.41. The van der Waals surface area contributed by atoms with Crippen LogP contribution in [0.2, 0.25) is 0 Å². The first kappa shape index (κ1) is 13.7. The molecule has 1 N–H and O–H groups in total. The zero-order valence-electron chi connectivity index (χ0n) is 10.9. The largest absolute Gasteiger partial charge is 0.320 e. The van der Waals surface area contributed by atoms with Gasteiger partial charge in [-0.1, -0.05) is 6.07 Å². The maximum absolute atomic E-state index is 11.8. The van der Waals surface area contributed by atoms with Gasteiger partial charge >= 0.3 is 0 Å². The second kappa shape index (κ2) is 5.92. The van der Waals surface area contributed by atoms with Crippen molar-refractivity contribution in [3.05, 3.63) is 64.5 Å². The van der Waals surface area contributed by atoms with Crippen LogP contribution in [0.15, 0.2) is 48.8 Å². The molecule has 0 fully saturated rings. The number of rotatable bonds is 4. The molecule has 2 rings (SSSR count). The molecule has 1 amide bonds. The lowest BCUT2D eigenvalue weighted by Crippen LogP contribution is -2.39. The minimum Gasteiger partial charge on any atom is -0.320 e. The van der Waals surface area contributed by atoms with Gasteiger partial charge in [0.05, 0.1) is 4.92 Å². The van der Waals surface area contributed by atoms with Gasteiger partial charge in [-0.25, -0.2) is 0 Å². The Labute approximate surface area is 115 Å². The predicted molar refractivity (Wildman–Crippen MR) is 73.1 cm³/mol. The number of nitro groups is 1. The molecule has 0 saturated carbocycles. The van der Waals surface area contributed by atoms with E-state index in [1.54, 1.807) is 10.6 Å². The van der Waals surface area contributed by atoms with Gasteiger partial charge in [-0.3, -0.25) is 14.9 Å². The van der Waals surface area contributed by atoms with Crippen molar-refractivity contribution < 1.29 is 14.3 Å². The maximum atomic E-state index is 11.8. The third-order valence-electron chi connectivity index (χ3n) is 2.72. The van der Waals surface area contributed by atoms with Crippen molar-refractivity contribution in [2.75, 3.05) is 5.32 Å². The van der Waals surface area contributed by atoms with Crippen molar-refractivity contribution in [3.8, 4) is 0 Å². The van der Waals surface area contributed by atoms with Crippen molar-refractivity contribution in [2.24, 2.45) is 0 Å². The Hall–Kier alpha value is -2.76. The highest BCUT2D eigenvalue weighted by Gasteiger charge is 2.11. The van der Waals surface area contributed by atoms with Crippen LogP contribution in [-0.2, 0) is 11.3 Å². The van der Waals surface area contributed by atoms with E-state index in [0.29, 0.717) is 5.69 Å². The lowest BCUT2D eigenvalue weighted by atomic mass is 10.3. The summed E-state index contributed by atoms with van der Waals surface area (Å²) in [6, 6.07) is 9.67. The number of hydrogen-bond acceptors (Lipinski definition) is 3. The van der Waals surface area contributed by atoms with E-state index in [4.69, 9.17) is 0 Å². The summed E-state index contributed by atoms with van der Waals surface area (Å²) in [6.07, 6.45) is 3.62. The van der Waals surface area contributed by atoms with E-state index in [9.17, 15) is 14.9 Å². The highest BCUT2D eigenvalue weighted by Crippen LogP contribution is 2.16. The summed E-state index contributed by atoms with van der Waals surface area (Å²) in [5.74, 6) is -0.237. The summed E-state index contributed by atoms with van der Waals surface area (Å²) < 4.78 is 1.74. The quantitative estimate of drug-likeness (QED) is 0.524. The van der Waals surface area contributed by atoms with Crippen LogP contribution in [0.25, 0.3) is 0 Å². The molecule has 6 heteroatoms. The van der Waals surface area contributed by atoms with Crippen LogP contribution in [0.1, 0.15) is 5.56 Å². The van der Waals surface area contributed by atoms with Crippen LogP contribution in [-0.4, -0.2) is 10.8 Å². The summed E-state index contributed by atoms with van der Waals surface area (Å²) in [7, 11) is 0. The smallest absolute Gasteiger partial charge is 0.290 e. The molecule has 102 valence electrons. The standard InChI is InChI=1S/C14H13N3O3/c1-11-5-7-16(8-6-11)10-14(18)15-12-3-2-4-13(9-12)17(19)20/h2-9H,10H2,1H3/p+1. The summed E-state index contributed by atoms with van der Waals surface area (Å²) in [4.78, 5) is 22.0. The number of benzene rings is 1. The number of non-ortho nitro benzene ring substituents is 1. The summed E-state index contributed by atoms with van der Waals surface area (Å²) >= 11 is 0. The van der Waals surface area contributed by atoms with E-state index in [2.05, 4.69) is 5.32 Å². The van der Waals surface area contributed by atoms with Gasteiger partial charge in [-0.15, -0.1) is 0 Å². The van der Waals surface area contributed by atoms with Gasteiger partial charge < -0.3 is 5.32 Å². The Morgan fingerprint density at radius 3 is 2.65 bits per heavy atom. The molecule has 0 aliphatic carbocycles. The lowest BCUT2D eigenvalue weighted by molar-refractivity contribution is -0.684. The van der Waals surface area contributed by atoms with Crippen LogP contribution in [0.5, 0.6) is 0 Å². The molecule has 0 spiro atoms. The molecule has 1 aromatic carbocycles. The van der Waals surface area contributed by atoms with E-state index in [-0.39, 0.29) is 18.1 Å². The average molecular weight is 272 g/mol. The SMILES string of the molecule is Cc1cc[n+](CC(=O)Nc2cccc([N+](=O)[O-])c2)cc1. The number of carbonyl (C=O) groups is 1. The van der Waals surface area contributed by atoms with Gasteiger partial charge in [0.2, 0.25) is 6.54 Å². The minimum atomic E-state index is -0.496. The van der Waals surface area contributed by atoms with Crippen LogP contribution in [0.3, 0.4) is 0 Å². The lowest BCUT2D eigenvalue weighted by Gasteiger charge is -2.03. The second-order valence-corrected chi connectivity index (χ2v) is 4.40. The number of aryl methyl sites for hydroxylation is 1. The van der Waals surface area contributed by atoms with Crippen LogP contribution < -0.4 is 9.88 Å². The first-order chi connectivity index (χ1) is 9.54. The normalized spacial score (nSPS) is 10.1. The zero-order chi connectivity index (χ0) is 14.5. The minimum absolute atomic E-state index is 0.0502. The van der Waals surface area contributed by atoms with Gasteiger partial charge in [0, 0.05) is 30.0 Å². The topological polar surface area (TPSA) is 76.1 Å². The zero-order valence-corrected chi connectivity index (χ0v) is 10.9. The number of anilines is 1. The molecule has 0 aliphatic rings. The molecule has 0 unspecified atom stereocenters. The van der Waals surface area contributed by atoms with Gasteiger partial charge in [-0.05, 0) is 18.6 Å². The van der Waals surface area contributed by atoms with Gasteiger partial charge in [-0.2, -0.15) is 4.57 Å². The van der Waals surface area contributed by atoms with E-state index in [0.717, 1.165) is 5.56 Å². The van der Waals surface area contributed by atoms with E-state index in [1.165, 1.54) is 18.2 Å². The molecule has 0 radical (unpaired) electrons. The monoisotopic (exact) mass is 272 g/mol. The molecule has 1 aromatic heterocycles. The van der Waals surface area contributed by atoms with Crippen LogP contribution in [0, 0.1) is 17.0 Å². The fraction of sp³-hybridized carbons (Fsp3) is 0.143. The molecular weight excluding hydrogens is 258 g/mol. The molecule has 2 aromatic rings. The summed E-state index contributed by atoms with van der Waals surface area (Å²) in [5, 5.41) is 13.3. The highest BCUT2D eigenvalue weighted by molar-refractivity contribution is 5.89. The molecule has 0 atom stereocenters. The molecule has 0 aliphatic heterocycles. The number of pyridine rings is 1. The Bertz CT molecular complexity index is 638. The fourth-order valence-corrected chi connectivity index (χ4v) is 1.70. The van der Waals surface area contributed by atoms with Gasteiger partial charge in [0.15, 0.2) is 12.4 Å². The van der Waals surface area contributed by atoms with E-state index >= 15 is 0 Å². The number of nitrogens with zero attached hydrogens (tertiary/aromatic N) is 2.